The Bertz CT molecular complexity index is 244. The molecule has 0 fully saturated rings. The van der Waals surface area contributed by atoms with Crippen molar-refractivity contribution in [2.24, 2.45) is 10.8 Å². The fourth-order valence-corrected chi connectivity index (χ4v) is 2.37. The Hall–Kier alpha value is -0.120. The van der Waals surface area contributed by atoms with Gasteiger partial charge >= 0.3 is 0 Å². The van der Waals surface area contributed by atoms with E-state index in [0.717, 1.165) is 13.0 Å². The van der Waals surface area contributed by atoms with Crippen molar-refractivity contribution in [3.05, 3.63) is 0 Å². The molecule has 2 unspecified atom stereocenters. The molecular formula is C16H36N2O. The summed E-state index contributed by atoms with van der Waals surface area (Å²) in [6, 6.07) is 0.529. The van der Waals surface area contributed by atoms with Gasteiger partial charge in [0, 0.05) is 12.6 Å². The molecule has 19 heavy (non-hydrogen) atoms. The van der Waals surface area contributed by atoms with Gasteiger partial charge in [-0.3, -0.25) is 5.32 Å². The minimum absolute atomic E-state index is 0.201. The minimum Gasteiger partial charge on any atom is -0.363 e. The van der Waals surface area contributed by atoms with E-state index in [1.165, 1.54) is 0 Å². The van der Waals surface area contributed by atoms with Crippen LogP contribution in [-0.2, 0) is 4.74 Å². The summed E-state index contributed by atoms with van der Waals surface area (Å²) >= 11 is 0. The minimum atomic E-state index is 0.201. The smallest absolute Gasteiger partial charge is 0.0969 e. The van der Waals surface area contributed by atoms with Crippen LogP contribution in [0.4, 0.5) is 0 Å². The maximum Gasteiger partial charge on any atom is 0.0969 e. The highest BCUT2D eigenvalue weighted by Gasteiger charge is 2.31. The first-order valence-electron chi connectivity index (χ1n) is 7.44. The van der Waals surface area contributed by atoms with Crippen molar-refractivity contribution < 1.29 is 4.74 Å². The maximum absolute atomic E-state index is 5.95. The quantitative estimate of drug-likeness (QED) is 0.542. The molecule has 0 rings (SSSR count). The van der Waals surface area contributed by atoms with Crippen LogP contribution in [0, 0.1) is 10.8 Å². The Labute approximate surface area is 121 Å². The van der Waals surface area contributed by atoms with E-state index in [1.807, 2.05) is 0 Å². The Morgan fingerprint density at radius 3 is 2.00 bits per heavy atom. The third-order valence-corrected chi connectivity index (χ3v) is 3.84. The van der Waals surface area contributed by atoms with Gasteiger partial charge in [-0.15, -0.1) is 0 Å². The highest BCUT2D eigenvalue weighted by Crippen LogP contribution is 2.36. The van der Waals surface area contributed by atoms with Crippen LogP contribution >= 0.6 is 0 Å². The van der Waals surface area contributed by atoms with Gasteiger partial charge in [-0.25, -0.2) is 0 Å². The average Bonchev–Trinajstić information content (AvgIpc) is 2.19. The lowest BCUT2D eigenvalue weighted by atomic mass is 9.73. The monoisotopic (exact) mass is 272 g/mol. The summed E-state index contributed by atoms with van der Waals surface area (Å²) in [5.74, 6) is 0. The van der Waals surface area contributed by atoms with Crippen molar-refractivity contribution in [1.82, 2.24) is 10.2 Å². The van der Waals surface area contributed by atoms with Gasteiger partial charge in [0.05, 0.1) is 12.8 Å². The summed E-state index contributed by atoms with van der Waals surface area (Å²) in [7, 11) is 4.20. The molecule has 0 bridgehead atoms. The molecule has 0 amide bonds. The number of rotatable bonds is 8. The SMILES string of the molecule is CC(CNCOC(C)C(C)(C)CC(C)(C)C)N(C)C. The van der Waals surface area contributed by atoms with Gasteiger partial charge in [0.2, 0.25) is 0 Å². The van der Waals surface area contributed by atoms with Crippen molar-refractivity contribution >= 4 is 0 Å². The molecule has 0 aliphatic heterocycles. The molecule has 0 heterocycles. The number of nitrogens with zero attached hydrogens (tertiary/aromatic N) is 1. The van der Waals surface area contributed by atoms with Crippen LogP contribution < -0.4 is 5.32 Å². The van der Waals surface area contributed by atoms with Crippen molar-refractivity contribution in [3.8, 4) is 0 Å². The van der Waals surface area contributed by atoms with Gasteiger partial charge in [0.1, 0.15) is 0 Å². The second-order valence-corrected chi connectivity index (χ2v) is 7.95. The molecule has 0 saturated carbocycles. The predicted molar refractivity (Wildman–Crippen MR) is 84.4 cm³/mol. The van der Waals surface area contributed by atoms with E-state index in [2.05, 4.69) is 72.8 Å². The van der Waals surface area contributed by atoms with Crippen molar-refractivity contribution in [3.63, 3.8) is 0 Å². The average molecular weight is 272 g/mol. The molecule has 2 atom stereocenters. The van der Waals surface area contributed by atoms with Gasteiger partial charge in [-0.2, -0.15) is 0 Å². The van der Waals surface area contributed by atoms with Crippen molar-refractivity contribution in [1.29, 1.82) is 0 Å². The Kier molecular flexibility index (Phi) is 7.56. The van der Waals surface area contributed by atoms with Gasteiger partial charge in [-0.1, -0.05) is 34.6 Å². The van der Waals surface area contributed by atoms with Gasteiger partial charge in [-0.05, 0) is 45.2 Å². The second kappa shape index (κ2) is 7.61. The maximum atomic E-state index is 5.95. The summed E-state index contributed by atoms with van der Waals surface area (Å²) in [5, 5.41) is 3.37. The zero-order valence-corrected chi connectivity index (χ0v) is 14.6. The van der Waals surface area contributed by atoms with Crippen LogP contribution in [0.3, 0.4) is 0 Å². The normalized spacial score (nSPS) is 16.7. The molecule has 3 heteroatoms. The van der Waals surface area contributed by atoms with Crippen LogP contribution in [-0.4, -0.2) is 44.4 Å². The highest BCUT2D eigenvalue weighted by atomic mass is 16.5. The lowest BCUT2D eigenvalue weighted by Gasteiger charge is -2.37. The number of hydrogen-bond acceptors (Lipinski definition) is 3. The zero-order chi connectivity index (χ0) is 15.3. The van der Waals surface area contributed by atoms with E-state index in [4.69, 9.17) is 4.74 Å². The highest BCUT2D eigenvalue weighted by molar-refractivity contribution is 4.81. The Balaban J connectivity index is 4.00. The molecule has 0 aliphatic rings. The van der Waals surface area contributed by atoms with Crippen LogP contribution in [0.15, 0.2) is 0 Å². The summed E-state index contributed by atoms with van der Waals surface area (Å²) in [6.45, 7) is 17.4. The molecule has 0 aromatic carbocycles. The number of likely N-dealkylation sites (N-methyl/N-ethyl adjacent to an activating group) is 1. The first-order valence-corrected chi connectivity index (χ1v) is 7.44. The number of hydrogen-bond donors (Lipinski definition) is 1. The number of ether oxygens (including phenoxy) is 1. The lowest BCUT2D eigenvalue weighted by molar-refractivity contribution is -0.0383. The molecule has 0 aromatic heterocycles. The fourth-order valence-electron chi connectivity index (χ4n) is 2.37. The van der Waals surface area contributed by atoms with Gasteiger partial charge < -0.3 is 9.64 Å². The van der Waals surface area contributed by atoms with Crippen LogP contribution in [0.2, 0.25) is 0 Å². The molecule has 1 N–H and O–H groups in total. The molecular weight excluding hydrogens is 236 g/mol. The molecule has 0 aliphatic carbocycles. The zero-order valence-electron chi connectivity index (χ0n) is 14.6. The standard InChI is InChI=1S/C16H36N2O/c1-13(18(8)9)10-17-12-19-14(2)16(6,7)11-15(3,4)5/h13-14,17H,10-12H2,1-9H3. The van der Waals surface area contributed by atoms with Crippen LogP contribution in [0.5, 0.6) is 0 Å². The van der Waals surface area contributed by atoms with E-state index in [1.54, 1.807) is 0 Å². The van der Waals surface area contributed by atoms with Crippen LogP contribution in [0.25, 0.3) is 0 Å². The largest absolute Gasteiger partial charge is 0.363 e. The van der Waals surface area contributed by atoms with Gasteiger partial charge in [0.25, 0.3) is 0 Å². The van der Waals surface area contributed by atoms with Crippen molar-refractivity contribution in [2.45, 2.75) is 67.0 Å². The van der Waals surface area contributed by atoms with E-state index in [-0.39, 0.29) is 11.5 Å². The molecule has 116 valence electrons. The molecule has 3 nitrogen and oxygen atoms in total. The molecule has 0 aromatic rings. The van der Waals surface area contributed by atoms with E-state index in [9.17, 15) is 0 Å². The van der Waals surface area contributed by atoms with E-state index < -0.39 is 0 Å². The van der Waals surface area contributed by atoms with Crippen LogP contribution in [0.1, 0.15) is 54.9 Å². The summed E-state index contributed by atoms with van der Waals surface area (Å²) in [6.07, 6.45) is 1.42. The van der Waals surface area contributed by atoms with E-state index in [0.29, 0.717) is 18.2 Å². The van der Waals surface area contributed by atoms with Gasteiger partial charge in [0.15, 0.2) is 0 Å². The van der Waals surface area contributed by atoms with E-state index >= 15 is 0 Å². The summed E-state index contributed by atoms with van der Waals surface area (Å²) < 4.78 is 5.95. The summed E-state index contributed by atoms with van der Waals surface area (Å²) in [5.41, 5.74) is 0.543. The summed E-state index contributed by atoms with van der Waals surface area (Å²) in [4.78, 5) is 2.21. The first-order chi connectivity index (χ1) is 8.46. The Morgan fingerprint density at radius 1 is 1.05 bits per heavy atom. The third-order valence-electron chi connectivity index (χ3n) is 3.84. The topological polar surface area (TPSA) is 24.5 Å². The second-order valence-electron chi connectivity index (χ2n) is 7.95. The third kappa shape index (κ3) is 8.61. The fraction of sp³-hybridized carbons (Fsp3) is 1.00. The Morgan fingerprint density at radius 2 is 1.58 bits per heavy atom. The lowest BCUT2D eigenvalue weighted by Crippen LogP contribution is -2.39. The number of nitrogens with one attached hydrogen (secondary N) is 1. The molecule has 0 radical (unpaired) electrons. The first kappa shape index (κ1) is 18.9. The molecule has 0 spiro atoms. The predicted octanol–water partition coefficient (Wildman–Crippen LogP) is 3.35. The van der Waals surface area contributed by atoms with Crippen molar-refractivity contribution in [2.75, 3.05) is 27.4 Å². The molecule has 0 saturated heterocycles.